The van der Waals surface area contributed by atoms with Crippen molar-refractivity contribution >= 4 is 33.3 Å². The molecule has 0 bridgehead atoms. The molecule has 1 fully saturated rings. The summed E-state index contributed by atoms with van der Waals surface area (Å²) in [7, 11) is -4.34. The van der Waals surface area contributed by atoms with Gasteiger partial charge in [-0.15, -0.1) is 13.2 Å². The van der Waals surface area contributed by atoms with E-state index in [0.29, 0.717) is 12.8 Å². The minimum Gasteiger partial charge on any atom is -0.492 e. The first-order chi connectivity index (χ1) is 17.4. The van der Waals surface area contributed by atoms with Gasteiger partial charge in [-0.1, -0.05) is 25.3 Å². The zero-order valence-corrected chi connectivity index (χ0v) is 20.7. The van der Waals surface area contributed by atoms with E-state index in [1.807, 2.05) is 0 Å². The van der Waals surface area contributed by atoms with Crippen molar-refractivity contribution < 1.29 is 45.8 Å². The highest BCUT2D eigenvalue weighted by atomic mass is 32.2. The summed E-state index contributed by atoms with van der Waals surface area (Å²) >= 11 is 0. The van der Waals surface area contributed by atoms with Gasteiger partial charge >= 0.3 is 12.3 Å². The maximum Gasteiger partial charge on any atom is 0.573 e. The van der Waals surface area contributed by atoms with Crippen molar-refractivity contribution in [2.45, 2.75) is 50.3 Å². The van der Waals surface area contributed by atoms with Crippen molar-refractivity contribution in [3.05, 3.63) is 42.5 Å². The van der Waals surface area contributed by atoms with E-state index in [2.05, 4.69) is 14.8 Å². The number of ether oxygens (including phenoxy) is 2. The van der Waals surface area contributed by atoms with E-state index in [4.69, 9.17) is 4.74 Å². The average Bonchev–Trinajstić information content (AvgIpc) is 2.78. The number of carboxylic acid groups (broad SMARTS) is 1. The topological polar surface area (TPSA) is 131 Å². The monoisotopic (exact) mass is 544 g/mol. The van der Waals surface area contributed by atoms with Crippen LogP contribution < -0.4 is 19.5 Å². The lowest BCUT2D eigenvalue weighted by atomic mass is 9.79. The minimum absolute atomic E-state index is 0.0641. The highest BCUT2D eigenvalue weighted by molar-refractivity contribution is 7.92. The smallest absolute Gasteiger partial charge is 0.492 e. The van der Waals surface area contributed by atoms with Gasteiger partial charge < -0.3 is 19.9 Å². The normalized spacial score (nSPS) is 15.5. The van der Waals surface area contributed by atoms with Crippen LogP contribution in [-0.2, 0) is 19.6 Å². The minimum atomic E-state index is -4.95. The summed E-state index contributed by atoms with van der Waals surface area (Å²) in [6, 6.07) is 7.99. The van der Waals surface area contributed by atoms with Gasteiger partial charge in [-0.3, -0.25) is 14.3 Å². The van der Waals surface area contributed by atoms with E-state index >= 15 is 0 Å². The zero-order valence-electron chi connectivity index (χ0n) is 19.9. The van der Waals surface area contributed by atoms with Crippen LogP contribution in [0.15, 0.2) is 47.4 Å². The third kappa shape index (κ3) is 7.75. The van der Waals surface area contributed by atoms with Gasteiger partial charge in [0.25, 0.3) is 10.0 Å². The highest BCUT2D eigenvalue weighted by Crippen LogP contribution is 2.33. The number of anilines is 2. The molecule has 0 aromatic heterocycles. The van der Waals surface area contributed by atoms with Crippen molar-refractivity contribution in [2.24, 2.45) is 11.8 Å². The summed E-state index contributed by atoms with van der Waals surface area (Å²) in [5.41, 5.74) is -0.0478. The van der Waals surface area contributed by atoms with E-state index in [-0.39, 0.29) is 34.5 Å². The van der Waals surface area contributed by atoms with Crippen LogP contribution in [0.25, 0.3) is 0 Å². The van der Waals surface area contributed by atoms with Gasteiger partial charge in [0.15, 0.2) is 0 Å². The van der Waals surface area contributed by atoms with Gasteiger partial charge in [0, 0.05) is 17.8 Å². The molecule has 2 aromatic carbocycles. The van der Waals surface area contributed by atoms with Crippen molar-refractivity contribution in [1.29, 1.82) is 0 Å². The molecule has 1 atom stereocenters. The lowest BCUT2D eigenvalue weighted by Gasteiger charge is -2.26. The molecular weight excluding hydrogens is 517 g/mol. The molecule has 1 amide bonds. The number of rotatable bonds is 10. The van der Waals surface area contributed by atoms with Gasteiger partial charge in [0.05, 0.1) is 12.3 Å². The second kappa shape index (κ2) is 11.7. The predicted molar refractivity (Wildman–Crippen MR) is 128 cm³/mol. The Morgan fingerprint density at radius 2 is 1.78 bits per heavy atom. The molecule has 0 saturated heterocycles. The number of hydrogen-bond acceptors (Lipinski definition) is 6. The highest BCUT2D eigenvalue weighted by Gasteiger charge is 2.36. The third-order valence-corrected chi connectivity index (χ3v) is 7.21. The Morgan fingerprint density at radius 3 is 2.41 bits per heavy atom. The Bertz CT molecular complexity index is 1230. The fraction of sp³-hybridized carbons (Fsp3) is 0.417. The molecule has 13 heteroatoms. The number of alkyl halides is 3. The van der Waals surface area contributed by atoms with Crippen molar-refractivity contribution in [1.82, 2.24) is 0 Å². The van der Waals surface area contributed by atoms with Crippen molar-refractivity contribution in [3.63, 3.8) is 0 Å². The molecular formula is C24H27F3N2O7S. The van der Waals surface area contributed by atoms with Crippen LogP contribution >= 0.6 is 0 Å². The fourth-order valence-corrected chi connectivity index (χ4v) is 5.44. The van der Waals surface area contributed by atoms with Gasteiger partial charge in [-0.05, 0) is 49.9 Å². The second-order valence-corrected chi connectivity index (χ2v) is 10.1. The number of sulfonamides is 1. The molecule has 0 heterocycles. The number of hydrogen-bond donors (Lipinski definition) is 3. The van der Waals surface area contributed by atoms with Gasteiger partial charge in [-0.25, -0.2) is 8.42 Å². The Kier molecular flexibility index (Phi) is 8.89. The molecule has 1 aliphatic carbocycles. The maximum atomic E-state index is 13.0. The number of carbonyl (C=O) groups excluding carboxylic acids is 1. The second-order valence-electron chi connectivity index (χ2n) is 8.48. The lowest BCUT2D eigenvalue weighted by molar-refractivity contribution is -0.274. The Balaban J connectivity index is 1.83. The molecule has 3 rings (SSSR count). The number of halogens is 3. The molecule has 1 saturated carbocycles. The zero-order chi connectivity index (χ0) is 27.2. The molecule has 9 nitrogen and oxygen atoms in total. The van der Waals surface area contributed by atoms with Crippen LogP contribution in [0.4, 0.5) is 24.5 Å². The Hall–Kier alpha value is -3.48. The van der Waals surface area contributed by atoms with Crippen molar-refractivity contribution in [2.75, 3.05) is 16.6 Å². The van der Waals surface area contributed by atoms with E-state index < -0.39 is 39.9 Å². The van der Waals surface area contributed by atoms with E-state index in [1.165, 1.54) is 24.3 Å². The van der Waals surface area contributed by atoms with Crippen LogP contribution in [0.2, 0.25) is 0 Å². The molecule has 1 aliphatic rings. The van der Waals surface area contributed by atoms with Gasteiger partial charge in [0.1, 0.15) is 22.3 Å². The lowest BCUT2D eigenvalue weighted by Crippen LogP contribution is -2.36. The van der Waals surface area contributed by atoms with Gasteiger partial charge in [0.2, 0.25) is 5.91 Å². The molecule has 1 unspecified atom stereocenters. The predicted octanol–water partition coefficient (Wildman–Crippen LogP) is 5.00. The first-order valence-electron chi connectivity index (χ1n) is 11.6. The quantitative estimate of drug-likeness (QED) is 0.359. The number of carbonyl (C=O) groups is 2. The maximum absolute atomic E-state index is 13.0. The van der Waals surface area contributed by atoms with Crippen LogP contribution in [0.3, 0.4) is 0 Å². The van der Waals surface area contributed by atoms with Gasteiger partial charge in [-0.2, -0.15) is 0 Å². The van der Waals surface area contributed by atoms with E-state index in [0.717, 1.165) is 37.5 Å². The number of nitrogens with one attached hydrogen (secondary N) is 2. The van der Waals surface area contributed by atoms with Crippen LogP contribution in [0.5, 0.6) is 11.5 Å². The molecule has 0 aliphatic heterocycles. The Labute approximate surface area is 212 Å². The summed E-state index contributed by atoms with van der Waals surface area (Å²) in [6.07, 6.45) is -0.996. The van der Waals surface area contributed by atoms with E-state index in [9.17, 15) is 36.3 Å². The van der Waals surface area contributed by atoms with Crippen LogP contribution in [-0.4, -0.2) is 38.4 Å². The number of benzene rings is 2. The molecule has 0 radical (unpaired) electrons. The third-order valence-electron chi connectivity index (χ3n) is 5.79. The molecule has 202 valence electrons. The molecule has 3 N–H and O–H groups in total. The molecule has 37 heavy (non-hydrogen) atoms. The summed E-state index contributed by atoms with van der Waals surface area (Å²) in [5, 5.41) is 12.2. The summed E-state index contributed by atoms with van der Waals surface area (Å²) in [4.78, 5) is 24.3. The Morgan fingerprint density at radius 1 is 1.08 bits per heavy atom. The summed E-state index contributed by atoms with van der Waals surface area (Å²) < 4.78 is 75.0. The standard InChI is InChI=1S/C24H27F3N2O7S/c1-2-35-19-14-16(28-22(30)21(23(31)32)15-7-4-3-5-8-15)11-12-20(19)37(33,34)29-17-9-6-10-18(13-17)36-24(25,26)27/h6,9-15,21,29H,2-5,7-8H2,1H3,(H,28,30)(H,31,32). The largest absolute Gasteiger partial charge is 0.573 e. The first kappa shape index (κ1) is 28.1. The van der Waals surface area contributed by atoms with Crippen molar-refractivity contribution in [3.8, 4) is 11.5 Å². The molecule has 2 aromatic rings. The number of aliphatic carboxylic acids is 1. The summed E-state index contributed by atoms with van der Waals surface area (Å²) in [6.45, 7) is 1.67. The van der Waals surface area contributed by atoms with Crippen LogP contribution in [0, 0.1) is 11.8 Å². The average molecular weight is 545 g/mol. The fourth-order valence-electron chi connectivity index (χ4n) is 4.26. The number of carboxylic acids is 1. The molecule has 0 spiro atoms. The SMILES string of the molecule is CCOc1cc(NC(=O)C(C(=O)O)C2CCCCC2)ccc1S(=O)(=O)Nc1cccc(OC(F)(F)F)c1. The van der Waals surface area contributed by atoms with Crippen LogP contribution in [0.1, 0.15) is 39.0 Å². The summed E-state index contributed by atoms with van der Waals surface area (Å²) in [5.74, 6) is -4.22. The first-order valence-corrected chi connectivity index (χ1v) is 13.1. The number of amides is 1. The van der Waals surface area contributed by atoms with E-state index in [1.54, 1.807) is 6.92 Å².